The topological polar surface area (TPSA) is 91.7 Å². The first-order valence-corrected chi connectivity index (χ1v) is 11.9. The standard InChI is InChI=1S/C22H23N3O4S2/c23-13-18-17-5-3-15(14-29-22(27)25-7-9-28-10-8-25)12-19(17)31-21(18)24-20(26)6-4-16-2-1-11-30-16/h1-2,4,6,11,15H,3,5,7-10,12,14H2,(H,24,26). The van der Waals surface area contributed by atoms with Crippen molar-refractivity contribution in [2.75, 3.05) is 38.2 Å². The molecule has 0 saturated carbocycles. The average Bonchev–Trinajstić information content (AvgIpc) is 3.43. The van der Waals surface area contributed by atoms with Crippen molar-refractivity contribution in [3.63, 3.8) is 0 Å². The van der Waals surface area contributed by atoms with Crippen LogP contribution in [0.1, 0.15) is 27.3 Å². The van der Waals surface area contributed by atoms with Gasteiger partial charge in [-0.05, 0) is 48.3 Å². The second kappa shape index (κ2) is 10.1. The van der Waals surface area contributed by atoms with E-state index in [-0.39, 0.29) is 17.9 Å². The SMILES string of the molecule is N#Cc1c(NC(=O)C=Cc2cccs2)sc2c1CCC(COC(=O)N1CCOCC1)C2. The number of carbonyl (C=O) groups is 2. The Hall–Kier alpha value is -2.67. The van der Waals surface area contributed by atoms with Crippen molar-refractivity contribution >= 4 is 45.8 Å². The monoisotopic (exact) mass is 457 g/mol. The summed E-state index contributed by atoms with van der Waals surface area (Å²) in [5, 5.41) is 15.1. The average molecular weight is 458 g/mol. The van der Waals surface area contributed by atoms with Crippen LogP contribution in [0.5, 0.6) is 0 Å². The van der Waals surface area contributed by atoms with Crippen LogP contribution in [-0.2, 0) is 27.1 Å². The summed E-state index contributed by atoms with van der Waals surface area (Å²) >= 11 is 3.01. The number of hydrogen-bond donors (Lipinski definition) is 1. The van der Waals surface area contributed by atoms with Gasteiger partial charge in [-0.2, -0.15) is 5.26 Å². The highest BCUT2D eigenvalue weighted by atomic mass is 32.1. The van der Waals surface area contributed by atoms with Crippen molar-refractivity contribution in [2.45, 2.75) is 19.3 Å². The molecular weight excluding hydrogens is 434 g/mol. The molecule has 4 rings (SSSR count). The molecule has 1 saturated heterocycles. The van der Waals surface area contributed by atoms with Crippen LogP contribution in [0.2, 0.25) is 0 Å². The lowest BCUT2D eigenvalue weighted by Crippen LogP contribution is -2.41. The van der Waals surface area contributed by atoms with Gasteiger partial charge in [-0.15, -0.1) is 22.7 Å². The predicted octanol–water partition coefficient (Wildman–Crippen LogP) is 3.91. The lowest BCUT2D eigenvalue weighted by atomic mass is 9.88. The fraction of sp³-hybridized carbons (Fsp3) is 0.409. The van der Waals surface area contributed by atoms with Gasteiger partial charge in [0.1, 0.15) is 11.1 Å². The summed E-state index contributed by atoms with van der Waals surface area (Å²) in [6.45, 7) is 2.58. The van der Waals surface area contributed by atoms with E-state index >= 15 is 0 Å². The highest BCUT2D eigenvalue weighted by molar-refractivity contribution is 7.16. The van der Waals surface area contributed by atoms with Crippen molar-refractivity contribution in [3.05, 3.63) is 44.5 Å². The molecular formula is C22H23N3O4S2. The maximum absolute atomic E-state index is 12.3. The summed E-state index contributed by atoms with van der Waals surface area (Å²) in [6, 6.07) is 6.12. The zero-order valence-electron chi connectivity index (χ0n) is 17.0. The Kier molecular flexibility index (Phi) is 7.02. The lowest BCUT2D eigenvalue weighted by molar-refractivity contribution is -0.111. The van der Waals surface area contributed by atoms with E-state index in [0.717, 1.165) is 34.6 Å². The van der Waals surface area contributed by atoms with E-state index in [0.29, 0.717) is 43.5 Å². The second-order valence-corrected chi connectivity index (χ2v) is 9.53. The minimum atomic E-state index is -0.288. The van der Waals surface area contributed by atoms with Crippen molar-refractivity contribution in [3.8, 4) is 6.07 Å². The number of anilines is 1. The van der Waals surface area contributed by atoms with Crippen LogP contribution < -0.4 is 5.32 Å². The van der Waals surface area contributed by atoms with Gasteiger partial charge in [0, 0.05) is 28.9 Å². The molecule has 31 heavy (non-hydrogen) atoms. The van der Waals surface area contributed by atoms with Crippen molar-refractivity contribution < 1.29 is 19.1 Å². The van der Waals surface area contributed by atoms with Gasteiger partial charge in [-0.1, -0.05) is 6.07 Å². The van der Waals surface area contributed by atoms with Gasteiger partial charge in [0.25, 0.3) is 0 Å². The Labute approximate surface area is 188 Å². The summed E-state index contributed by atoms with van der Waals surface area (Å²) in [6.07, 6.45) is 5.29. The van der Waals surface area contributed by atoms with Gasteiger partial charge in [0.15, 0.2) is 0 Å². The van der Waals surface area contributed by atoms with Crippen LogP contribution in [0.25, 0.3) is 6.08 Å². The number of ether oxygens (including phenoxy) is 2. The Morgan fingerprint density at radius 3 is 2.97 bits per heavy atom. The fourth-order valence-corrected chi connectivity index (χ4v) is 5.66. The zero-order valence-corrected chi connectivity index (χ0v) is 18.6. The second-order valence-electron chi connectivity index (χ2n) is 7.44. The quantitative estimate of drug-likeness (QED) is 0.688. The molecule has 7 nitrogen and oxygen atoms in total. The molecule has 1 aliphatic heterocycles. The van der Waals surface area contributed by atoms with E-state index in [1.54, 1.807) is 22.3 Å². The Morgan fingerprint density at radius 1 is 1.39 bits per heavy atom. The van der Waals surface area contributed by atoms with Crippen molar-refractivity contribution in [1.29, 1.82) is 5.26 Å². The largest absolute Gasteiger partial charge is 0.449 e. The molecule has 0 radical (unpaired) electrons. The molecule has 0 spiro atoms. The molecule has 1 atom stereocenters. The number of thiophene rings is 2. The lowest BCUT2D eigenvalue weighted by Gasteiger charge is -2.27. The smallest absolute Gasteiger partial charge is 0.409 e. The molecule has 0 bridgehead atoms. The third kappa shape index (κ3) is 5.34. The fourth-order valence-electron chi connectivity index (χ4n) is 3.73. The number of nitrogens with zero attached hydrogens (tertiary/aromatic N) is 2. The first kappa shape index (κ1) is 21.6. The molecule has 0 aromatic carbocycles. The minimum Gasteiger partial charge on any atom is -0.449 e. The first-order valence-electron chi connectivity index (χ1n) is 10.2. The zero-order chi connectivity index (χ0) is 21.6. The van der Waals surface area contributed by atoms with Crippen LogP contribution in [0.15, 0.2) is 23.6 Å². The van der Waals surface area contributed by atoms with E-state index in [4.69, 9.17) is 9.47 Å². The first-order chi connectivity index (χ1) is 15.1. The Bertz CT molecular complexity index is 1000. The van der Waals surface area contributed by atoms with E-state index in [2.05, 4.69) is 11.4 Å². The highest BCUT2D eigenvalue weighted by Crippen LogP contribution is 2.39. The third-order valence-corrected chi connectivity index (χ3v) is 7.38. The van der Waals surface area contributed by atoms with Gasteiger partial charge >= 0.3 is 6.09 Å². The summed E-state index contributed by atoms with van der Waals surface area (Å²) in [4.78, 5) is 28.3. The molecule has 2 aliphatic rings. The molecule has 162 valence electrons. The number of carbonyl (C=O) groups excluding carboxylic acids is 2. The van der Waals surface area contributed by atoms with Gasteiger partial charge in [-0.25, -0.2) is 4.79 Å². The Morgan fingerprint density at radius 2 is 2.23 bits per heavy atom. The molecule has 1 N–H and O–H groups in total. The van der Waals surface area contributed by atoms with E-state index < -0.39 is 0 Å². The van der Waals surface area contributed by atoms with Crippen LogP contribution in [0.4, 0.5) is 9.80 Å². The molecule has 1 fully saturated rings. The number of nitrogens with one attached hydrogen (secondary N) is 1. The van der Waals surface area contributed by atoms with Gasteiger partial charge in [-0.3, -0.25) is 4.79 Å². The molecule has 1 aliphatic carbocycles. The molecule has 2 aromatic rings. The van der Waals surface area contributed by atoms with Crippen LogP contribution >= 0.6 is 22.7 Å². The minimum absolute atomic E-state index is 0.213. The number of amides is 2. The molecule has 2 aromatic heterocycles. The number of fused-ring (bicyclic) bond motifs is 1. The van der Waals surface area contributed by atoms with Gasteiger partial charge < -0.3 is 19.7 Å². The van der Waals surface area contributed by atoms with Crippen LogP contribution in [-0.4, -0.2) is 49.8 Å². The molecule has 2 amide bonds. The normalized spacial score (nSPS) is 18.4. The number of rotatable bonds is 5. The molecule has 3 heterocycles. The third-order valence-electron chi connectivity index (χ3n) is 5.37. The van der Waals surface area contributed by atoms with Crippen LogP contribution in [0.3, 0.4) is 0 Å². The maximum atomic E-state index is 12.3. The summed E-state index contributed by atoms with van der Waals surface area (Å²) in [7, 11) is 0. The molecule has 9 heteroatoms. The maximum Gasteiger partial charge on any atom is 0.409 e. The van der Waals surface area contributed by atoms with Gasteiger partial charge in [0.05, 0.1) is 25.4 Å². The van der Waals surface area contributed by atoms with E-state index in [1.807, 2.05) is 17.5 Å². The predicted molar refractivity (Wildman–Crippen MR) is 120 cm³/mol. The number of nitriles is 1. The van der Waals surface area contributed by atoms with Gasteiger partial charge in [0.2, 0.25) is 5.91 Å². The number of morpholine rings is 1. The summed E-state index contributed by atoms with van der Waals surface area (Å²) in [5.41, 5.74) is 1.57. The number of hydrogen-bond acceptors (Lipinski definition) is 7. The van der Waals surface area contributed by atoms with Crippen LogP contribution in [0, 0.1) is 17.2 Å². The van der Waals surface area contributed by atoms with E-state index in [9.17, 15) is 14.9 Å². The molecule has 1 unspecified atom stereocenters. The van der Waals surface area contributed by atoms with Crippen molar-refractivity contribution in [1.82, 2.24) is 4.90 Å². The summed E-state index contributed by atoms with van der Waals surface area (Å²) < 4.78 is 10.8. The van der Waals surface area contributed by atoms with Crippen molar-refractivity contribution in [2.24, 2.45) is 5.92 Å². The summed E-state index contributed by atoms with van der Waals surface area (Å²) in [5.74, 6) is -0.0375. The Balaban J connectivity index is 1.36. The van der Waals surface area contributed by atoms with E-state index in [1.165, 1.54) is 17.4 Å². The highest BCUT2D eigenvalue weighted by Gasteiger charge is 2.28.